The van der Waals surface area contributed by atoms with Crippen LogP contribution in [0.15, 0.2) is 40.8 Å². The molecule has 0 saturated heterocycles. The summed E-state index contributed by atoms with van der Waals surface area (Å²) in [5.41, 5.74) is 2.85. The highest BCUT2D eigenvalue weighted by Crippen LogP contribution is 2.14. The van der Waals surface area contributed by atoms with Gasteiger partial charge < -0.3 is 0 Å². The molecule has 0 aromatic carbocycles. The molecule has 0 bridgehead atoms. The lowest BCUT2D eigenvalue weighted by atomic mass is 10.4. The highest BCUT2D eigenvalue weighted by Gasteiger charge is 2.01. The molecule has 3 aromatic heterocycles. The van der Waals surface area contributed by atoms with Crippen molar-refractivity contribution in [3.05, 3.63) is 50.1 Å². The molecular formula is C14H14N6S2. The molecule has 0 spiro atoms. The molecule has 22 heavy (non-hydrogen) atoms. The quantitative estimate of drug-likeness (QED) is 0.576. The van der Waals surface area contributed by atoms with Gasteiger partial charge in [0, 0.05) is 19.5 Å². The van der Waals surface area contributed by atoms with E-state index < -0.39 is 0 Å². The first kappa shape index (κ1) is 14.6. The van der Waals surface area contributed by atoms with Gasteiger partial charge in [-0.1, -0.05) is 0 Å². The van der Waals surface area contributed by atoms with Crippen molar-refractivity contribution in [1.82, 2.24) is 14.9 Å². The molecule has 0 aliphatic heterocycles. The summed E-state index contributed by atoms with van der Waals surface area (Å²) >= 11 is 3.36. The minimum Gasteiger partial charge on any atom is -0.244 e. The maximum absolute atomic E-state index is 4.32. The minimum absolute atomic E-state index is 0.467. The molecule has 0 saturated carbocycles. The highest BCUT2D eigenvalue weighted by molar-refractivity contribution is 7.13. The largest absolute Gasteiger partial charge is 0.265 e. The molecule has 3 aromatic rings. The second-order valence-electron chi connectivity index (χ2n) is 4.51. The van der Waals surface area contributed by atoms with E-state index in [1.165, 1.54) is 16.1 Å². The van der Waals surface area contributed by atoms with Crippen molar-refractivity contribution in [3.63, 3.8) is 0 Å². The number of aryl methyl sites for hydroxylation is 2. The number of hydrogen-bond donors (Lipinski definition) is 1. The number of hydrogen-bond acceptors (Lipinski definition) is 7. The van der Waals surface area contributed by atoms with E-state index in [1.54, 1.807) is 39.8 Å². The van der Waals surface area contributed by atoms with Crippen LogP contribution in [0.2, 0.25) is 0 Å². The Kier molecular flexibility index (Phi) is 4.40. The molecule has 8 heteroatoms. The lowest BCUT2D eigenvalue weighted by Crippen LogP contribution is -1.98. The summed E-state index contributed by atoms with van der Waals surface area (Å²) in [7, 11) is 0. The highest BCUT2D eigenvalue weighted by atomic mass is 32.1. The molecule has 0 atom stereocenters. The van der Waals surface area contributed by atoms with Gasteiger partial charge in [-0.3, -0.25) is 0 Å². The predicted octanol–water partition coefficient (Wildman–Crippen LogP) is 3.35. The van der Waals surface area contributed by atoms with Gasteiger partial charge in [-0.25, -0.2) is 5.43 Å². The topological polar surface area (TPSA) is 67.5 Å². The number of hydrazone groups is 1. The van der Waals surface area contributed by atoms with E-state index in [9.17, 15) is 0 Å². The molecule has 0 aliphatic rings. The van der Waals surface area contributed by atoms with Crippen LogP contribution in [0.5, 0.6) is 0 Å². The third-order valence-corrected chi connectivity index (χ3v) is 4.59. The molecule has 0 radical (unpaired) electrons. The van der Waals surface area contributed by atoms with Crippen LogP contribution in [0, 0.1) is 13.8 Å². The Morgan fingerprint density at radius 1 is 1.05 bits per heavy atom. The van der Waals surface area contributed by atoms with Gasteiger partial charge in [0.1, 0.15) is 6.33 Å². The number of nitrogens with one attached hydrogen (secondary N) is 1. The zero-order chi connectivity index (χ0) is 15.4. The zero-order valence-corrected chi connectivity index (χ0v) is 13.7. The molecule has 112 valence electrons. The summed E-state index contributed by atoms with van der Waals surface area (Å²) in [5, 5.41) is 16.3. The number of anilines is 1. The first-order chi connectivity index (χ1) is 10.7. The Hall–Kier alpha value is -2.32. The normalized spacial score (nSPS) is 11.7. The van der Waals surface area contributed by atoms with Crippen LogP contribution in [-0.2, 0) is 0 Å². The maximum atomic E-state index is 4.32. The molecule has 3 rings (SSSR count). The number of aromatic nitrogens is 3. The van der Waals surface area contributed by atoms with Crippen LogP contribution in [-0.4, -0.2) is 27.3 Å². The SMILES string of the molecule is Cc1ccc(C=NNc2nncn2N=Cc2ccc(C)s2)s1. The summed E-state index contributed by atoms with van der Waals surface area (Å²) in [6.07, 6.45) is 5.06. The Labute approximate surface area is 135 Å². The smallest absolute Gasteiger partial charge is 0.244 e. The lowest BCUT2D eigenvalue weighted by molar-refractivity contribution is 0.879. The lowest BCUT2D eigenvalue weighted by Gasteiger charge is -1.97. The zero-order valence-electron chi connectivity index (χ0n) is 12.1. The molecule has 1 N–H and O–H groups in total. The van der Waals surface area contributed by atoms with E-state index in [0.717, 1.165) is 9.75 Å². The summed E-state index contributed by atoms with van der Waals surface area (Å²) in [6, 6.07) is 8.16. The second kappa shape index (κ2) is 6.63. The first-order valence-electron chi connectivity index (χ1n) is 6.57. The fourth-order valence-corrected chi connectivity index (χ4v) is 3.20. The molecule has 0 fully saturated rings. The average Bonchev–Trinajstić information content (AvgIpc) is 3.20. The third-order valence-electron chi connectivity index (χ3n) is 2.72. The second-order valence-corrected chi connectivity index (χ2v) is 7.15. The third kappa shape index (κ3) is 3.66. The maximum Gasteiger partial charge on any atom is 0.265 e. The van der Waals surface area contributed by atoms with Gasteiger partial charge in [0.25, 0.3) is 5.95 Å². The summed E-state index contributed by atoms with van der Waals surface area (Å²) < 4.78 is 1.55. The van der Waals surface area contributed by atoms with E-state index in [-0.39, 0.29) is 0 Å². The average molecular weight is 330 g/mol. The first-order valence-corrected chi connectivity index (χ1v) is 8.20. The summed E-state index contributed by atoms with van der Waals surface area (Å²) in [4.78, 5) is 4.66. The van der Waals surface area contributed by atoms with Crippen molar-refractivity contribution in [1.29, 1.82) is 0 Å². The van der Waals surface area contributed by atoms with Crippen molar-refractivity contribution in [2.75, 3.05) is 5.43 Å². The van der Waals surface area contributed by atoms with Crippen LogP contribution < -0.4 is 5.43 Å². The van der Waals surface area contributed by atoms with Gasteiger partial charge in [-0.05, 0) is 38.1 Å². The van der Waals surface area contributed by atoms with Gasteiger partial charge in [-0.15, -0.1) is 32.9 Å². The standard InChI is InChI=1S/C14H14N6S2/c1-10-3-5-12(21-10)7-15-18-14-19-16-9-20(14)17-8-13-6-4-11(2)22-13/h3-9H,1-2H3,(H,18,19). The van der Waals surface area contributed by atoms with E-state index >= 15 is 0 Å². The van der Waals surface area contributed by atoms with Crippen LogP contribution in [0.25, 0.3) is 0 Å². The van der Waals surface area contributed by atoms with Crippen LogP contribution in [0.1, 0.15) is 19.5 Å². The number of nitrogens with zero attached hydrogens (tertiary/aromatic N) is 5. The molecule has 0 amide bonds. The van der Waals surface area contributed by atoms with Crippen molar-refractivity contribution in [2.45, 2.75) is 13.8 Å². The molecule has 0 aliphatic carbocycles. The van der Waals surface area contributed by atoms with Crippen molar-refractivity contribution in [2.24, 2.45) is 10.2 Å². The molecule has 3 heterocycles. The predicted molar refractivity (Wildman–Crippen MR) is 92.3 cm³/mol. The fraction of sp³-hybridized carbons (Fsp3) is 0.143. The molecule has 6 nitrogen and oxygen atoms in total. The fourth-order valence-electron chi connectivity index (χ4n) is 1.71. The van der Waals surface area contributed by atoms with Gasteiger partial charge in [0.2, 0.25) is 0 Å². The van der Waals surface area contributed by atoms with E-state index in [0.29, 0.717) is 5.95 Å². The Morgan fingerprint density at radius 2 is 1.73 bits per heavy atom. The Morgan fingerprint density at radius 3 is 2.36 bits per heavy atom. The number of rotatable bonds is 5. The van der Waals surface area contributed by atoms with Crippen molar-refractivity contribution in [3.8, 4) is 0 Å². The summed E-state index contributed by atoms with van der Waals surface area (Å²) in [6.45, 7) is 4.13. The van der Waals surface area contributed by atoms with Gasteiger partial charge in [0.05, 0.1) is 12.4 Å². The van der Waals surface area contributed by atoms with Crippen molar-refractivity contribution >= 4 is 41.1 Å². The summed E-state index contributed by atoms with van der Waals surface area (Å²) in [5.74, 6) is 0.467. The molecular weight excluding hydrogens is 316 g/mol. The van der Waals surface area contributed by atoms with Crippen LogP contribution in [0.4, 0.5) is 5.95 Å². The van der Waals surface area contributed by atoms with Crippen LogP contribution in [0.3, 0.4) is 0 Å². The van der Waals surface area contributed by atoms with Gasteiger partial charge >= 0.3 is 0 Å². The van der Waals surface area contributed by atoms with E-state index in [2.05, 4.69) is 51.8 Å². The van der Waals surface area contributed by atoms with Gasteiger partial charge in [-0.2, -0.15) is 14.9 Å². The van der Waals surface area contributed by atoms with Crippen molar-refractivity contribution < 1.29 is 0 Å². The van der Waals surface area contributed by atoms with E-state index in [4.69, 9.17) is 0 Å². The monoisotopic (exact) mass is 330 g/mol. The minimum atomic E-state index is 0.467. The van der Waals surface area contributed by atoms with Crippen LogP contribution >= 0.6 is 22.7 Å². The Bertz CT molecular complexity index is 811. The van der Waals surface area contributed by atoms with E-state index in [1.807, 2.05) is 12.1 Å². The Balaban J connectivity index is 1.67. The number of thiophene rings is 2. The van der Waals surface area contributed by atoms with Gasteiger partial charge in [0.15, 0.2) is 0 Å². The molecule has 0 unspecified atom stereocenters.